The van der Waals surface area contributed by atoms with Crippen LogP contribution in [0.1, 0.15) is 232 Å². The first-order valence-corrected chi connectivity index (χ1v) is 35.6. The molecule has 0 fully saturated rings. The number of rotatable bonds is 60. The van der Waals surface area contributed by atoms with Gasteiger partial charge < -0.3 is 27.9 Å². The summed E-state index contributed by atoms with van der Waals surface area (Å²) in [6.45, 7) is 3.92. The number of allylic oxidation sites excluding steroid dienone is 32. The third-order valence-corrected chi connectivity index (χ3v) is 14.6. The zero-order chi connectivity index (χ0) is 64.1. The number of ether oxygens (including phenoxy) is 2. The number of quaternary nitrogens is 1. The average Bonchev–Trinajstić information content (AvgIpc) is 3.68. The van der Waals surface area contributed by atoms with Crippen LogP contribution in [-0.4, -0.2) is 70.0 Å². The van der Waals surface area contributed by atoms with Crippen LogP contribution < -0.4 is 4.89 Å². The van der Waals surface area contributed by atoms with Gasteiger partial charge in [-0.25, -0.2) is 0 Å². The fourth-order valence-corrected chi connectivity index (χ4v) is 9.19. The van der Waals surface area contributed by atoms with Crippen molar-refractivity contribution in [1.82, 2.24) is 0 Å². The zero-order valence-electron chi connectivity index (χ0n) is 56.1. The van der Waals surface area contributed by atoms with Gasteiger partial charge in [0.05, 0.1) is 27.7 Å². The SMILES string of the molecule is CC/C=C\C/C=C\C/C=C\C/C=C\C/C=C\C/C=C\C/C=C\C/C=C\C/C=C\CCCC(=O)OC(COC(=O)CCCCCCCCCCCCCCC/C=C\C/C=C\C/C=C\C/C=C\C/C=C\C/C=C\C/C=C\CC)COP(=O)([O-])OCC[N+](C)(C)C. The van der Waals surface area contributed by atoms with Crippen LogP contribution in [0.5, 0.6) is 0 Å². The van der Waals surface area contributed by atoms with Crippen LogP contribution in [-0.2, 0) is 32.7 Å². The van der Waals surface area contributed by atoms with Crippen molar-refractivity contribution in [2.24, 2.45) is 0 Å². The lowest BCUT2D eigenvalue weighted by Gasteiger charge is -2.28. The number of phosphoric ester groups is 1. The lowest BCUT2D eigenvalue weighted by atomic mass is 10.0. The van der Waals surface area contributed by atoms with Crippen molar-refractivity contribution in [1.29, 1.82) is 0 Å². The van der Waals surface area contributed by atoms with Gasteiger partial charge in [0.15, 0.2) is 6.10 Å². The Kier molecular flexibility index (Phi) is 62.4. The highest BCUT2D eigenvalue weighted by molar-refractivity contribution is 7.45. The molecule has 2 unspecified atom stereocenters. The lowest BCUT2D eigenvalue weighted by Crippen LogP contribution is -2.37. The monoisotopic (exact) mass is 1230 g/mol. The van der Waals surface area contributed by atoms with Crippen LogP contribution in [0.25, 0.3) is 0 Å². The number of esters is 2. The topological polar surface area (TPSA) is 111 Å². The highest BCUT2D eigenvalue weighted by Gasteiger charge is 2.21. The molecule has 9 nitrogen and oxygen atoms in total. The minimum atomic E-state index is -4.67. The van der Waals surface area contributed by atoms with E-state index in [1.54, 1.807) is 0 Å². The summed E-state index contributed by atoms with van der Waals surface area (Å²) in [6, 6.07) is 0. The molecular weight excluding hydrogens is 1110 g/mol. The summed E-state index contributed by atoms with van der Waals surface area (Å²) in [5.74, 6) is -0.918. The maximum atomic E-state index is 12.8. The van der Waals surface area contributed by atoms with E-state index in [1.165, 1.54) is 64.2 Å². The van der Waals surface area contributed by atoms with Gasteiger partial charge in [0.2, 0.25) is 0 Å². The predicted molar refractivity (Wildman–Crippen MR) is 378 cm³/mol. The molecule has 0 heterocycles. The van der Waals surface area contributed by atoms with E-state index in [-0.39, 0.29) is 26.1 Å². The van der Waals surface area contributed by atoms with Crippen molar-refractivity contribution in [3.8, 4) is 0 Å². The van der Waals surface area contributed by atoms with Gasteiger partial charge in [0.1, 0.15) is 19.8 Å². The van der Waals surface area contributed by atoms with Gasteiger partial charge in [0, 0.05) is 12.8 Å². The first kappa shape index (κ1) is 82.8. The molecule has 2 atom stereocenters. The predicted octanol–water partition coefficient (Wildman–Crippen LogP) is 21.9. The molecule has 0 saturated heterocycles. The number of carbonyl (C=O) groups excluding carboxylic acids is 2. The molecule has 0 bridgehead atoms. The second kappa shape index (κ2) is 66.3. The first-order valence-electron chi connectivity index (χ1n) is 34.1. The molecule has 0 radical (unpaired) electrons. The Morgan fingerprint density at radius 3 is 0.943 bits per heavy atom. The van der Waals surface area contributed by atoms with Crippen molar-refractivity contribution in [2.75, 3.05) is 47.5 Å². The molecule has 0 saturated carbocycles. The summed E-state index contributed by atoms with van der Waals surface area (Å²) in [7, 11) is 1.10. The van der Waals surface area contributed by atoms with Crippen molar-refractivity contribution >= 4 is 19.8 Å². The molecule has 0 aromatic rings. The van der Waals surface area contributed by atoms with Crippen LogP contribution >= 0.6 is 7.82 Å². The molecule has 88 heavy (non-hydrogen) atoms. The molecule has 0 aromatic heterocycles. The number of unbranched alkanes of at least 4 members (excludes halogenated alkanes) is 14. The maximum absolute atomic E-state index is 12.8. The third kappa shape index (κ3) is 69.9. The normalized spacial score (nSPS) is 14.4. The van der Waals surface area contributed by atoms with Crippen molar-refractivity contribution in [2.45, 2.75) is 238 Å². The molecule has 10 heteroatoms. The van der Waals surface area contributed by atoms with Gasteiger partial charge in [-0.15, -0.1) is 0 Å². The molecule has 0 aliphatic carbocycles. The number of carbonyl (C=O) groups is 2. The molecule has 0 spiro atoms. The zero-order valence-corrected chi connectivity index (χ0v) is 57.0. The maximum Gasteiger partial charge on any atom is 0.306 e. The molecule has 494 valence electrons. The number of hydrogen-bond acceptors (Lipinski definition) is 8. The molecular formula is C78H124NO8P. The van der Waals surface area contributed by atoms with Crippen molar-refractivity contribution < 1.29 is 42.1 Å². The van der Waals surface area contributed by atoms with E-state index >= 15 is 0 Å². The summed E-state index contributed by atoms with van der Waals surface area (Å²) >= 11 is 0. The average molecular weight is 1230 g/mol. The number of phosphoric acid groups is 1. The van der Waals surface area contributed by atoms with Gasteiger partial charge in [-0.05, 0) is 135 Å². The summed E-state index contributed by atoms with van der Waals surface area (Å²) < 4.78 is 34.2. The fraction of sp³-hybridized carbons (Fsp3) is 0.564. The second-order valence-electron chi connectivity index (χ2n) is 23.1. The molecule has 0 aliphatic heterocycles. The van der Waals surface area contributed by atoms with E-state index in [4.69, 9.17) is 18.5 Å². The van der Waals surface area contributed by atoms with E-state index < -0.39 is 32.5 Å². The Hall–Kier alpha value is -5.15. The Morgan fingerprint density at radius 2 is 0.625 bits per heavy atom. The van der Waals surface area contributed by atoms with Gasteiger partial charge in [-0.3, -0.25) is 14.2 Å². The molecule has 0 rings (SSSR count). The van der Waals surface area contributed by atoms with Gasteiger partial charge >= 0.3 is 11.9 Å². The summed E-state index contributed by atoms with van der Waals surface area (Å²) in [6.07, 6.45) is 104. The molecule has 0 aliphatic rings. The van der Waals surface area contributed by atoms with Crippen LogP contribution in [0.3, 0.4) is 0 Å². The van der Waals surface area contributed by atoms with Gasteiger partial charge in [-0.1, -0.05) is 279 Å². The lowest BCUT2D eigenvalue weighted by molar-refractivity contribution is -0.870. The third-order valence-electron chi connectivity index (χ3n) is 13.6. The minimum Gasteiger partial charge on any atom is -0.756 e. The Balaban J connectivity index is 4.21. The summed E-state index contributed by atoms with van der Waals surface area (Å²) in [5, 5.41) is 0. The van der Waals surface area contributed by atoms with Crippen molar-refractivity contribution in [3.05, 3.63) is 194 Å². The molecule has 0 amide bonds. The standard InChI is InChI=1S/C78H124NO8P/c1-6-8-10-12-14-16-18-20-22-24-26-28-30-32-34-36-37-38-39-40-41-43-44-46-48-50-52-54-56-58-60-62-64-66-68-70-77(80)84-74-76(75-86-88(82,83)85-73-72-79(3,4)5)87-78(81)71-69-67-65-63-61-59-57-55-53-51-49-47-45-42-35-33-31-29-27-25-23-21-19-17-15-13-11-9-7-2/h8-11,14-17,20-23,26-29,32-35,37-38,40-41,45,47,51,53,57,59,63,65,76H,6-7,12-13,18-19,24-25,30-31,36,39,42-44,46,48-50,52,54-56,58,60-62,64,66-75H2,1-5H3/b10-8-,11-9-,16-14-,17-15-,22-20-,23-21-,28-26-,29-27-,34-32-,35-33-,38-37-,41-40-,47-45-,53-51-,59-57-,65-63-. The van der Waals surface area contributed by atoms with E-state index in [0.29, 0.717) is 30.3 Å². The van der Waals surface area contributed by atoms with E-state index in [9.17, 15) is 19.0 Å². The number of likely N-dealkylation sites (N-methyl/N-ethyl adjacent to an activating group) is 1. The summed E-state index contributed by atoms with van der Waals surface area (Å²) in [5.41, 5.74) is 0. The van der Waals surface area contributed by atoms with Gasteiger partial charge in [0.25, 0.3) is 7.82 Å². The first-order chi connectivity index (χ1) is 43.0. The largest absolute Gasteiger partial charge is 0.756 e. The highest BCUT2D eigenvalue weighted by atomic mass is 31.2. The van der Waals surface area contributed by atoms with Crippen molar-refractivity contribution in [3.63, 3.8) is 0 Å². The quantitative estimate of drug-likeness (QED) is 0.0195. The van der Waals surface area contributed by atoms with E-state index in [1.807, 2.05) is 27.2 Å². The Bertz CT molecular complexity index is 2190. The van der Waals surface area contributed by atoms with E-state index in [2.05, 4.69) is 202 Å². The minimum absolute atomic E-state index is 0.0525. The number of nitrogens with zero attached hydrogens (tertiary/aromatic N) is 1. The van der Waals surface area contributed by atoms with Crippen LogP contribution in [0, 0.1) is 0 Å². The molecule has 0 N–H and O–H groups in total. The Labute approximate surface area is 539 Å². The molecule has 0 aromatic carbocycles. The smallest absolute Gasteiger partial charge is 0.306 e. The Morgan fingerprint density at radius 1 is 0.352 bits per heavy atom. The van der Waals surface area contributed by atoms with Crippen LogP contribution in [0.2, 0.25) is 0 Å². The van der Waals surface area contributed by atoms with Gasteiger partial charge in [-0.2, -0.15) is 0 Å². The summed E-state index contributed by atoms with van der Waals surface area (Å²) in [4.78, 5) is 38.0. The highest BCUT2D eigenvalue weighted by Crippen LogP contribution is 2.38. The number of hydrogen-bond donors (Lipinski definition) is 0. The second-order valence-corrected chi connectivity index (χ2v) is 24.5. The van der Waals surface area contributed by atoms with Crippen LogP contribution in [0.15, 0.2) is 194 Å². The fourth-order valence-electron chi connectivity index (χ4n) is 8.46. The van der Waals surface area contributed by atoms with Crippen LogP contribution in [0.4, 0.5) is 0 Å². The van der Waals surface area contributed by atoms with E-state index in [0.717, 1.165) is 122 Å².